The van der Waals surface area contributed by atoms with Crippen molar-refractivity contribution in [2.75, 3.05) is 24.6 Å². The highest BCUT2D eigenvalue weighted by Gasteiger charge is 2.38. The van der Waals surface area contributed by atoms with Crippen LogP contribution < -0.4 is 0 Å². The molecule has 3 heteroatoms. The summed E-state index contributed by atoms with van der Waals surface area (Å²) in [5.74, 6) is -0.0120. The van der Waals surface area contributed by atoms with Gasteiger partial charge in [-0.1, -0.05) is 143 Å². The van der Waals surface area contributed by atoms with Crippen molar-refractivity contribution >= 4 is 13.2 Å². The van der Waals surface area contributed by atoms with Crippen LogP contribution in [0.15, 0.2) is 12.8 Å². The minimum absolute atomic E-state index is 0.0120. The first-order valence-corrected chi connectivity index (χ1v) is 19.3. The number of unbranched alkanes of at least 4 members (excludes halogenated alkanes) is 21. The van der Waals surface area contributed by atoms with Gasteiger partial charge < -0.3 is 4.74 Å². The molecule has 0 amide bonds. The fraction of sp³-hybridized carbons (Fsp3) is 0.912. The van der Waals surface area contributed by atoms with E-state index >= 15 is 0 Å². The average molecular weight is 540 g/mol. The molecule has 0 aromatic rings. The summed E-state index contributed by atoms with van der Waals surface area (Å²) in [6.45, 7) is 10.5. The predicted molar refractivity (Wildman–Crippen MR) is 171 cm³/mol. The van der Waals surface area contributed by atoms with Gasteiger partial charge in [-0.05, 0) is 38.5 Å². The lowest BCUT2D eigenvalue weighted by Gasteiger charge is -2.27. The Morgan fingerprint density at radius 2 is 0.784 bits per heavy atom. The summed E-state index contributed by atoms with van der Waals surface area (Å²) in [6, 6.07) is 0. The molecule has 0 rings (SSSR count). The maximum atomic E-state index is 12.7. The standard InChI is InChI=1S/C34H68O2P/c1-5-9-12-15-18-21-24-27-30-37(33-34(35)36-8-4,31-28-25-22-19-16-13-10-6-2)32-29-26-23-20-17-14-11-7-3/h8H,4-7,9-33H2,1-3H3/q+1. The third kappa shape index (κ3) is 24.4. The molecule has 0 unspecified atom stereocenters. The maximum Gasteiger partial charge on any atom is 0.348 e. The Morgan fingerprint density at radius 1 is 0.514 bits per heavy atom. The Labute approximate surface area is 234 Å². The molecule has 0 fully saturated rings. The van der Waals surface area contributed by atoms with Crippen molar-refractivity contribution in [3.8, 4) is 0 Å². The zero-order valence-corrected chi connectivity index (χ0v) is 26.7. The number of esters is 1. The third-order valence-electron chi connectivity index (χ3n) is 8.14. The van der Waals surface area contributed by atoms with E-state index in [4.69, 9.17) is 4.74 Å². The highest BCUT2D eigenvalue weighted by Crippen LogP contribution is 2.61. The van der Waals surface area contributed by atoms with Crippen LogP contribution >= 0.6 is 7.26 Å². The van der Waals surface area contributed by atoms with Gasteiger partial charge >= 0.3 is 5.97 Å². The second kappa shape index (κ2) is 28.6. The van der Waals surface area contributed by atoms with Crippen LogP contribution in [0, 0.1) is 0 Å². The summed E-state index contributed by atoms with van der Waals surface area (Å²) in [5, 5.41) is 0. The van der Waals surface area contributed by atoms with Gasteiger partial charge in [0.1, 0.15) is 0 Å². The molecule has 0 heterocycles. The minimum atomic E-state index is -1.30. The van der Waals surface area contributed by atoms with Crippen molar-refractivity contribution in [3.63, 3.8) is 0 Å². The van der Waals surface area contributed by atoms with Gasteiger partial charge in [-0.15, -0.1) is 0 Å². The van der Waals surface area contributed by atoms with Gasteiger partial charge in [-0.25, -0.2) is 4.79 Å². The zero-order valence-electron chi connectivity index (χ0n) is 25.8. The van der Waals surface area contributed by atoms with E-state index in [1.807, 2.05) is 0 Å². The van der Waals surface area contributed by atoms with Crippen LogP contribution in [0.1, 0.15) is 175 Å². The first-order valence-electron chi connectivity index (χ1n) is 16.8. The molecule has 0 aromatic carbocycles. The van der Waals surface area contributed by atoms with E-state index in [1.54, 1.807) is 0 Å². The summed E-state index contributed by atoms with van der Waals surface area (Å²) in [4.78, 5) is 12.7. The van der Waals surface area contributed by atoms with Crippen LogP contribution in [0.5, 0.6) is 0 Å². The van der Waals surface area contributed by atoms with Crippen LogP contribution in [0.2, 0.25) is 0 Å². The number of ether oxygens (including phenoxy) is 1. The molecule has 0 N–H and O–H groups in total. The summed E-state index contributed by atoms with van der Waals surface area (Å²) in [5.41, 5.74) is 0. The lowest BCUT2D eigenvalue weighted by molar-refractivity contribution is -0.135. The molecule has 0 saturated heterocycles. The van der Waals surface area contributed by atoms with Gasteiger partial charge in [0.15, 0.2) is 6.16 Å². The zero-order chi connectivity index (χ0) is 27.3. The first-order chi connectivity index (χ1) is 18.1. The van der Waals surface area contributed by atoms with Gasteiger partial charge in [0.25, 0.3) is 0 Å². The third-order valence-corrected chi connectivity index (χ3v) is 12.9. The molecule has 0 radical (unpaired) electrons. The number of hydrogen-bond acceptors (Lipinski definition) is 2. The van der Waals surface area contributed by atoms with Crippen molar-refractivity contribution in [1.29, 1.82) is 0 Å². The Hall–Kier alpha value is -0.360. The fourth-order valence-corrected chi connectivity index (χ4v) is 10.2. The molecule has 37 heavy (non-hydrogen) atoms. The van der Waals surface area contributed by atoms with Gasteiger partial charge in [0.2, 0.25) is 0 Å². The van der Waals surface area contributed by atoms with Crippen molar-refractivity contribution in [1.82, 2.24) is 0 Å². The van der Waals surface area contributed by atoms with Crippen molar-refractivity contribution in [2.24, 2.45) is 0 Å². The lowest BCUT2D eigenvalue weighted by atomic mass is 10.1. The van der Waals surface area contributed by atoms with E-state index in [9.17, 15) is 4.79 Å². The molecule has 0 saturated carbocycles. The topological polar surface area (TPSA) is 26.3 Å². The molecule has 0 bridgehead atoms. The molecule has 0 aliphatic heterocycles. The van der Waals surface area contributed by atoms with E-state index < -0.39 is 7.26 Å². The highest BCUT2D eigenvalue weighted by molar-refractivity contribution is 7.76. The SMILES string of the molecule is C=COC(=O)C[P+](CCCCCCCCCC)(CCCCCCCCCC)CCCCCCCCCC. The molecular weight excluding hydrogens is 471 g/mol. The first kappa shape index (κ1) is 36.6. The monoisotopic (exact) mass is 539 g/mol. The van der Waals surface area contributed by atoms with Crippen LogP contribution in [-0.2, 0) is 9.53 Å². The fourth-order valence-electron chi connectivity index (χ4n) is 5.72. The van der Waals surface area contributed by atoms with E-state index in [1.165, 1.54) is 179 Å². The summed E-state index contributed by atoms with van der Waals surface area (Å²) < 4.78 is 5.30. The van der Waals surface area contributed by atoms with Crippen LogP contribution in [-0.4, -0.2) is 30.6 Å². The van der Waals surface area contributed by atoms with Crippen LogP contribution in [0.25, 0.3) is 0 Å². The molecule has 0 spiro atoms. The predicted octanol–water partition coefficient (Wildman–Crippen LogP) is 12.1. The van der Waals surface area contributed by atoms with Crippen molar-refractivity contribution < 1.29 is 9.53 Å². The molecule has 0 aromatic heterocycles. The number of carbonyl (C=O) groups excluding carboxylic acids is 1. The number of hydrogen-bond donors (Lipinski definition) is 0. The number of rotatable bonds is 30. The largest absolute Gasteiger partial charge is 0.432 e. The Balaban J connectivity index is 4.79. The highest BCUT2D eigenvalue weighted by atomic mass is 31.2. The van der Waals surface area contributed by atoms with Gasteiger partial charge in [0, 0.05) is 7.26 Å². The summed E-state index contributed by atoms with van der Waals surface area (Å²) in [7, 11) is -1.30. The summed E-state index contributed by atoms with van der Waals surface area (Å²) >= 11 is 0. The molecular formula is C34H68O2P+. The maximum absolute atomic E-state index is 12.7. The Bertz CT molecular complexity index is 440. The van der Waals surface area contributed by atoms with Crippen LogP contribution in [0.4, 0.5) is 0 Å². The van der Waals surface area contributed by atoms with E-state index in [2.05, 4.69) is 27.4 Å². The van der Waals surface area contributed by atoms with E-state index in [0.717, 1.165) is 0 Å². The second-order valence-corrected chi connectivity index (χ2v) is 16.1. The van der Waals surface area contributed by atoms with Gasteiger partial charge in [0.05, 0.1) is 24.7 Å². The average Bonchev–Trinajstić information content (AvgIpc) is 2.89. The lowest BCUT2D eigenvalue weighted by Crippen LogP contribution is -2.19. The molecule has 0 atom stereocenters. The normalized spacial score (nSPS) is 11.6. The molecule has 2 nitrogen and oxygen atoms in total. The van der Waals surface area contributed by atoms with E-state index in [0.29, 0.717) is 6.16 Å². The molecule has 220 valence electrons. The summed E-state index contributed by atoms with van der Waals surface area (Å²) in [6.07, 6.45) is 38.8. The van der Waals surface area contributed by atoms with Crippen molar-refractivity contribution in [2.45, 2.75) is 175 Å². The second-order valence-electron chi connectivity index (χ2n) is 11.8. The molecule has 0 aliphatic carbocycles. The Kier molecular flexibility index (Phi) is 28.4. The van der Waals surface area contributed by atoms with Gasteiger partial charge in [-0.3, -0.25) is 0 Å². The number of carbonyl (C=O) groups is 1. The quantitative estimate of drug-likeness (QED) is 0.0392. The molecule has 0 aliphatic rings. The minimum Gasteiger partial charge on any atom is -0.432 e. The Morgan fingerprint density at radius 3 is 1.05 bits per heavy atom. The smallest absolute Gasteiger partial charge is 0.348 e. The van der Waals surface area contributed by atoms with Crippen LogP contribution in [0.3, 0.4) is 0 Å². The van der Waals surface area contributed by atoms with E-state index in [-0.39, 0.29) is 5.97 Å². The van der Waals surface area contributed by atoms with Gasteiger partial charge in [-0.2, -0.15) is 0 Å². The van der Waals surface area contributed by atoms with Crippen molar-refractivity contribution in [3.05, 3.63) is 12.8 Å².